The zero-order chi connectivity index (χ0) is 12.4. The summed E-state index contributed by atoms with van der Waals surface area (Å²) < 4.78 is 23.2. The maximum atomic E-state index is 11.6. The van der Waals surface area contributed by atoms with Crippen LogP contribution in [-0.2, 0) is 14.6 Å². The molecule has 0 aromatic carbocycles. The number of carbonyl (C=O) groups excluding carboxylic acids is 1. The minimum Gasteiger partial charge on any atom is -0.353 e. The first kappa shape index (κ1) is 13.4. The van der Waals surface area contributed by atoms with Crippen LogP contribution in [0.25, 0.3) is 0 Å². The summed E-state index contributed by atoms with van der Waals surface area (Å²) in [7, 11) is -3.24. The molecule has 1 saturated carbocycles. The summed E-state index contributed by atoms with van der Waals surface area (Å²) in [5.41, 5.74) is 4.89. The first-order chi connectivity index (χ1) is 7.18. The lowest BCUT2D eigenvalue weighted by atomic mass is 10.1. The average molecular weight is 248 g/mol. The molecular weight excluding hydrogens is 228 g/mol. The van der Waals surface area contributed by atoms with E-state index >= 15 is 0 Å². The van der Waals surface area contributed by atoms with Crippen molar-refractivity contribution >= 4 is 15.7 Å². The third kappa shape index (κ3) is 6.07. The van der Waals surface area contributed by atoms with E-state index in [0.29, 0.717) is 0 Å². The molecule has 1 amide bonds. The molecule has 0 aliphatic heterocycles. The summed E-state index contributed by atoms with van der Waals surface area (Å²) in [5, 5.41) is 2.75. The molecule has 0 saturated heterocycles. The molecule has 0 radical (unpaired) electrons. The predicted octanol–water partition coefficient (Wildman–Crippen LogP) is -0.193. The summed E-state index contributed by atoms with van der Waals surface area (Å²) in [6.07, 6.45) is 2.05. The van der Waals surface area contributed by atoms with Crippen LogP contribution in [0.5, 0.6) is 0 Å². The highest BCUT2D eigenvalue weighted by molar-refractivity contribution is 7.91. The van der Waals surface area contributed by atoms with E-state index in [-0.39, 0.29) is 29.9 Å². The second-order valence-electron chi connectivity index (χ2n) is 5.17. The van der Waals surface area contributed by atoms with Gasteiger partial charge in [0.05, 0.1) is 11.5 Å². The minimum atomic E-state index is -3.24. The van der Waals surface area contributed by atoms with Crippen molar-refractivity contribution in [3.05, 3.63) is 0 Å². The quantitative estimate of drug-likeness (QED) is 0.681. The molecule has 0 aromatic rings. The van der Waals surface area contributed by atoms with E-state index < -0.39 is 15.4 Å². The highest BCUT2D eigenvalue weighted by Crippen LogP contribution is 2.18. The maximum absolute atomic E-state index is 11.6. The number of hydrogen-bond donors (Lipinski definition) is 2. The molecule has 1 aliphatic rings. The third-order valence-electron chi connectivity index (χ3n) is 2.17. The Kier molecular flexibility index (Phi) is 3.96. The molecule has 0 spiro atoms. The lowest BCUT2D eigenvalue weighted by Gasteiger charge is -2.17. The van der Waals surface area contributed by atoms with Crippen molar-refractivity contribution in [2.24, 2.45) is 5.73 Å². The van der Waals surface area contributed by atoms with Gasteiger partial charge in [0, 0.05) is 18.0 Å². The van der Waals surface area contributed by atoms with Gasteiger partial charge < -0.3 is 11.1 Å². The smallest absolute Gasteiger partial charge is 0.221 e. The highest BCUT2D eigenvalue weighted by atomic mass is 32.2. The van der Waals surface area contributed by atoms with Crippen molar-refractivity contribution in [3.8, 4) is 0 Å². The third-order valence-corrected chi connectivity index (χ3v) is 4.18. The van der Waals surface area contributed by atoms with Crippen LogP contribution < -0.4 is 11.1 Å². The van der Waals surface area contributed by atoms with Crippen molar-refractivity contribution in [1.29, 1.82) is 0 Å². The zero-order valence-corrected chi connectivity index (χ0v) is 10.6. The molecule has 6 heteroatoms. The Balaban J connectivity index is 2.32. The minimum absolute atomic E-state index is 0.0366. The van der Waals surface area contributed by atoms with Gasteiger partial charge in [-0.15, -0.1) is 0 Å². The van der Waals surface area contributed by atoms with Crippen LogP contribution in [0.4, 0.5) is 0 Å². The molecule has 1 aliphatic carbocycles. The standard InChI is InChI=1S/C10H20N2O3S/c1-10(2,11)7-16(14,15)6-5-9(13)12-8-3-4-8/h8H,3-7,11H2,1-2H3,(H,12,13). The van der Waals surface area contributed by atoms with Crippen LogP contribution in [0.1, 0.15) is 33.1 Å². The first-order valence-corrected chi connectivity index (χ1v) is 7.29. The molecule has 0 heterocycles. The van der Waals surface area contributed by atoms with E-state index in [2.05, 4.69) is 5.32 Å². The lowest BCUT2D eigenvalue weighted by molar-refractivity contribution is -0.120. The van der Waals surface area contributed by atoms with Gasteiger partial charge in [-0.3, -0.25) is 4.79 Å². The SMILES string of the molecule is CC(C)(N)CS(=O)(=O)CCC(=O)NC1CC1. The molecule has 0 aromatic heterocycles. The van der Waals surface area contributed by atoms with E-state index in [9.17, 15) is 13.2 Å². The van der Waals surface area contributed by atoms with E-state index in [1.54, 1.807) is 13.8 Å². The highest BCUT2D eigenvalue weighted by Gasteiger charge is 2.25. The number of rotatable bonds is 6. The van der Waals surface area contributed by atoms with E-state index in [1.807, 2.05) is 0 Å². The van der Waals surface area contributed by atoms with Crippen molar-refractivity contribution in [2.45, 2.75) is 44.7 Å². The first-order valence-electron chi connectivity index (χ1n) is 5.47. The molecular formula is C10H20N2O3S. The van der Waals surface area contributed by atoms with Gasteiger partial charge in [-0.25, -0.2) is 8.42 Å². The number of amides is 1. The summed E-state index contributed by atoms with van der Waals surface area (Å²) in [6.45, 7) is 3.32. The monoisotopic (exact) mass is 248 g/mol. The molecule has 0 unspecified atom stereocenters. The summed E-state index contributed by atoms with van der Waals surface area (Å²) in [4.78, 5) is 11.3. The second kappa shape index (κ2) is 4.71. The fourth-order valence-electron chi connectivity index (χ4n) is 1.41. The molecule has 3 N–H and O–H groups in total. The fourth-order valence-corrected chi connectivity index (χ4v) is 3.19. The Morgan fingerprint density at radius 1 is 1.44 bits per heavy atom. The average Bonchev–Trinajstić information content (AvgIpc) is 2.80. The van der Waals surface area contributed by atoms with Gasteiger partial charge in [-0.05, 0) is 26.7 Å². The van der Waals surface area contributed by atoms with Crippen LogP contribution in [0.15, 0.2) is 0 Å². The van der Waals surface area contributed by atoms with E-state index in [1.165, 1.54) is 0 Å². The Labute approximate surface area is 96.7 Å². The van der Waals surface area contributed by atoms with Gasteiger partial charge >= 0.3 is 0 Å². The van der Waals surface area contributed by atoms with Crippen molar-refractivity contribution < 1.29 is 13.2 Å². The molecule has 5 nitrogen and oxygen atoms in total. The molecule has 94 valence electrons. The van der Waals surface area contributed by atoms with E-state index in [0.717, 1.165) is 12.8 Å². The van der Waals surface area contributed by atoms with Gasteiger partial charge in [0.15, 0.2) is 9.84 Å². The predicted molar refractivity (Wildman–Crippen MR) is 62.7 cm³/mol. The maximum Gasteiger partial charge on any atom is 0.221 e. The topological polar surface area (TPSA) is 89.3 Å². The van der Waals surface area contributed by atoms with E-state index in [4.69, 9.17) is 5.73 Å². The summed E-state index contributed by atoms with van der Waals surface area (Å²) >= 11 is 0. The Morgan fingerprint density at radius 2 is 2.00 bits per heavy atom. The Morgan fingerprint density at radius 3 is 2.44 bits per heavy atom. The largest absolute Gasteiger partial charge is 0.353 e. The van der Waals surface area contributed by atoms with Crippen molar-refractivity contribution in [2.75, 3.05) is 11.5 Å². The Bertz CT molecular complexity index is 353. The lowest BCUT2D eigenvalue weighted by Crippen LogP contribution is -2.41. The van der Waals surface area contributed by atoms with Crippen LogP contribution in [0.3, 0.4) is 0 Å². The number of nitrogens with two attached hydrogens (primary N) is 1. The van der Waals surface area contributed by atoms with Gasteiger partial charge in [0.1, 0.15) is 0 Å². The zero-order valence-electron chi connectivity index (χ0n) is 9.82. The Hall–Kier alpha value is -0.620. The van der Waals surface area contributed by atoms with Crippen LogP contribution in [-0.4, -0.2) is 37.4 Å². The molecule has 0 bridgehead atoms. The normalized spacial score (nSPS) is 17.2. The number of hydrogen-bond acceptors (Lipinski definition) is 4. The summed E-state index contributed by atoms with van der Waals surface area (Å²) in [5.74, 6) is -0.385. The van der Waals surface area contributed by atoms with Gasteiger partial charge in [0.25, 0.3) is 0 Å². The number of sulfone groups is 1. The van der Waals surface area contributed by atoms with Crippen LogP contribution in [0.2, 0.25) is 0 Å². The molecule has 16 heavy (non-hydrogen) atoms. The number of carbonyl (C=O) groups is 1. The van der Waals surface area contributed by atoms with Crippen LogP contribution in [0, 0.1) is 0 Å². The number of nitrogens with one attached hydrogen (secondary N) is 1. The van der Waals surface area contributed by atoms with Crippen molar-refractivity contribution in [3.63, 3.8) is 0 Å². The van der Waals surface area contributed by atoms with Gasteiger partial charge in [-0.1, -0.05) is 0 Å². The molecule has 0 atom stereocenters. The van der Waals surface area contributed by atoms with Crippen LogP contribution >= 0.6 is 0 Å². The molecule has 1 fully saturated rings. The van der Waals surface area contributed by atoms with Gasteiger partial charge in [0.2, 0.25) is 5.91 Å². The van der Waals surface area contributed by atoms with Crippen molar-refractivity contribution in [1.82, 2.24) is 5.32 Å². The summed E-state index contributed by atoms with van der Waals surface area (Å²) in [6, 6.07) is 0.279. The second-order valence-corrected chi connectivity index (χ2v) is 7.36. The fraction of sp³-hybridized carbons (Fsp3) is 0.900. The van der Waals surface area contributed by atoms with Gasteiger partial charge in [-0.2, -0.15) is 0 Å². The molecule has 1 rings (SSSR count).